The molecule has 0 atom stereocenters. The number of pyridine rings is 2. The second-order valence-electron chi connectivity index (χ2n) is 10.7. The van der Waals surface area contributed by atoms with Crippen molar-refractivity contribution in [2.75, 3.05) is 0 Å². The molecule has 9 aromatic rings. The second kappa shape index (κ2) is 9.68. The van der Waals surface area contributed by atoms with Gasteiger partial charge >= 0.3 is 0 Å². The Morgan fingerprint density at radius 2 is 0.909 bits per heavy atom. The fourth-order valence-electron chi connectivity index (χ4n) is 6.15. The first-order valence-electron chi connectivity index (χ1n) is 14.4. The normalized spacial score (nSPS) is 11.6. The summed E-state index contributed by atoms with van der Waals surface area (Å²) in [5.41, 5.74) is 6.63. The van der Waals surface area contributed by atoms with E-state index in [0.29, 0.717) is 17.7 Å². The summed E-state index contributed by atoms with van der Waals surface area (Å²) in [5, 5.41) is 4.25. The number of rotatable bonds is 4. The summed E-state index contributed by atoms with van der Waals surface area (Å²) in [4.78, 5) is 24.9. The Bertz CT molecular complexity index is 2270. The van der Waals surface area contributed by atoms with Crippen molar-refractivity contribution in [3.63, 3.8) is 0 Å². The first kappa shape index (κ1) is 24.4. The van der Waals surface area contributed by atoms with E-state index in [9.17, 15) is 0 Å². The number of fused-ring (bicyclic) bond motifs is 6. The minimum absolute atomic E-state index is 0.453. The molecule has 0 aliphatic carbocycles. The molecule has 0 aliphatic heterocycles. The Hall–Kier alpha value is -6.21. The van der Waals surface area contributed by atoms with Gasteiger partial charge in [0.25, 0.3) is 0 Å². The van der Waals surface area contributed by atoms with Crippen LogP contribution >= 0.6 is 0 Å². The molecule has 0 saturated heterocycles. The maximum atomic E-state index is 5.15. The van der Waals surface area contributed by atoms with Crippen LogP contribution in [0.15, 0.2) is 140 Å². The topological polar surface area (TPSA) is 74.3 Å². The smallest absolute Gasteiger partial charge is 0.242 e. The van der Waals surface area contributed by atoms with Crippen LogP contribution in [0.3, 0.4) is 0 Å². The Labute approximate surface area is 251 Å². The Morgan fingerprint density at radius 1 is 0.386 bits per heavy atom. The minimum atomic E-state index is 0.453. The highest BCUT2D eigenvalue weighted by molar-refractivity contribution is 6.09. The minimum Gasteiger partial charge on any atom is -0.278 e. The van der Waals surface area contributed by atoms with E-state index >= 15 is 0 Å². The van der Waals surface area contributed by atoms with Crippen molar-refractivity contribution < 1.29 is 0 Å². The highest BCUT2D eigenvalue weighted by Gasteiger charge is 2.21. The number of hydrogen-bond acceptors (Lipinski definition) is 5. The fraction of sp³-hybridized carbons (Fsp3) is 0. The van der Waals surface area contributed by atoms with Crippen molar-refractivity contribution in [3.05, 3.63) is 140 Å². The third-order valence-corrected chi connectivity index (χ3v) is 8.11. The number of para-hydroxylation sites is 2. The van der Waals surface area contributed by atoms with Gasteiger partial charge in [-0.25, -0.2) is 14.5 Å². The first-order valence-corrected chi connectivity index (χ1v) is 14.4. The van der Waals surface area contributed by atoms with E-state index < -0.39 is 0 Å². The van der Waals surface area contributed by atoms with Gasteiger partial charge in [-0.15, -0.1) is 0 Å². The van der Waals surface area contributed by atoms with E-state index in [1.165, 1.54) is 0 Å². The number of benzene rings is 4. The SMILES string of the molecule is c1ccc(-c2cccc(-c3nc(-n4c5ccccc5c5ccccc54)nc(-n4c5ncccc5c5cccnc54)n3)c2)cc1. The van der Waals surface area contributed by atoms with Crippen molar-refractivity contribution >= 4 is 43.9 Å². The molecular formula is C37H23N7. The maximum absolute atomic E-state index is 5.15. The lowest BCUT2D eigenvalue weighted by molar-refractivity contribution is 0.883. The van der Waals surface area contributed by atoms with Gasteiger partial charge < -0.3 is 0 Å². The zero-order valence-corrected chi connectivity index (χ0v) is 23.4. The Balaban J connectivity index is 1.37. The summed E-state index contributed by atoms with van der Waals surface area (Å²) in [6, 6.07) is 43.4. The monoisotopic (exact) mass is 565 g/mol. The van der Waals surface area contributed by atoms with E-state index in [0.717, 1.165) is 60.6 Å². The van der Waals surface area contributed by atoms with Crippen LogP contribution in [0.1, 0.15) is 0 Å². The summed E-state index contributed by atoms with van der Waals surface area (Å²) in [6.07, 6.45) is 3.58. The third-order valence-electron chi connectivity index (χ3n) is 8.11. The summed E-state index contributed by atoms with van der Waals surface area (Å²) in [6.45, 7) is 0. The van der Waals surface area contributed by atoms with Gasteiger partial charge in [0.15, 0.2) is 5.82 Å². The zero-order valence-electron chi connectivity index (χ0n) is 23.4. The Kier molecular flexibility index (Phi) is 5.36. The molecule has 0 bridgehead atoms. The van der Waals surface area contributed by atoms with E-state index in [2.05, 4.69) is 77.4 Å². The fourth-order valence-corrected chi connectivity index (χ4v) is 6.15. The van der Waals surface area contributed by atoms with Gasteiger partial charge in [-0.2, -0.15) is 15.0 Å². The zero-order chi connectivity index (χ0) is 29.0. The van der Waals surface area contributed by atoms with E-state index in [4.69, 9.17) is 24.9 Å². The first-order chi connectivity index (χ1) is 21.8. The van der Waals surface area contributed by atoms with Crippen LogP contribution in [0.4, 0.5) is 0 Å². The van der Waals surface area contributed by atoms with Crippen LogP contribution in [0.25, 0.3) is 78.3 Å². The molecule has 0 saturated carbocycles. The molecule has 206 valence electrons. The average Bonchev–Trinajstić information content (AvgIpc) is 3.62. The molecule has 0 radical (unpaired) electrons. The van der Waals surface area contributed by atoms with Crippen LogP contribution in [0.5, 0.6) is 0 Å². The molecule has 0 aliphatic rings. The molecular weight excluding hydrogens is 542 g/mol. The van der Waals surface area contributed by atoms with E-state index in [-0.39, 0.29) is 0 Å². The highest BCUT2D eigenvalue weighted by Crippen LogP contribution is 2.33. The molecule has 4 aromatic carbocycles. The van der Waals surface area contributed by atoms with E-state index in [1.54, 1.807) is 12.4 Å². The number of nitrogens with zero attached hydrogens (tertiary/aromatic N) is 7. The van der Waals surface area contributed by atoms with Gasteiger partial charge in [-0.05, 0) is 53.6 Å². The average molecular weight is 566 g/mol. The van der Waals surface area contributed by atoms with Crippen molar-refractivity contribution in [1.29, 1.82) is 0 Å². The van der Waals surface area contributed by atoms with Gasteiger partial charge in [-0.1, -0.05) is 84.9 Å². The van der Waals surface area contributed by atoms with Gasteiger partial charge in [0, 0.05) is 39.5 Å². The summed E-state index contributed by atoms with van der Waals surface area (Å²) in [5.74, 6) is 1.54. The molecule has 0 fully saturated rings. The van der Waals surface area contributed by atoms with Gasteiger partial charge in [0.1, 0.15) is 11.3 Å². The largest absolute Gasteiger partial charge is 0.278 e. The molecule has 44 heavy (non-hydrogen) atoms. The molecule has 0 spiro atoms. The summed E-state index contributed by atoms with van der Waals surface area (Å²) < 4.78 is 4.06. The van der Waals surface area contributed by atoms with Crippen LogP contribution in [-0.4, -0.2) is 34.1 Å². The second-order valence-corrected chi connectivity index (χ2v) is 10.7. The van der Waals surface area contributed by atoms with Crippen molar-refractivity contribution in [2.45, 2.75) is 0 Å². The molecule has 0 unspecified atom stereocenters. The van der Waals surface area contributed by atoms with Gasteiger partial charge in [0.05, 0.1) is 11.0 Å². The van der Waals surface area contributed by atoms with Crippen molar-refractivity contribution in [3.8, 4) is 34.4 Å². The van der Waals surface area contributed by atoms with Crippen molar-refractivity contribution in [1.82, 2.24) is 34.1 Å². The van der Waals surface area contributed by atoms with Gasteiger partial charge in [0.2, 0.25) is 11.9 Å². The molecule has 7 heteroatoms. The van der Waals surface area contributed by atoms with E-state index in [1.807, 2.05) is 59.2 Å². The number of hydrogen-bond donors (Lipinski definition) is 0. The molecule has 0 amide bonds. The van der Waals surface area contributed by atoms with Crippen LogP contribution in [0.2, 0.25) is 0 Å². The summed E-state index contributed by atoms with van der Waals surface area (Å²) in [7, 11) is 0. The Morgan fingerprint density at radius 3 is 1.57 bits per heavy atom. The lowest BCUT2D eigenvalue weighted by Gasteiger charge is -2.12. The van der Waals surface area contributed by atoms with Gasteiger partial charge in [-0.3, -0.25) is 4.57 Å². The lowest BCUT2D eigenvalue weighted by atomic mass is 10.0. The van der Waals surface area contributed by atoms with Crippen LogP contribution in [-0.2, 0) is 0 Å². The molecule has 5 aromatic heterocycles. The molecule has 0 N–H and O–H groups in total. The molecule has 5 heterocycles. The van der Waals surface area contributed by atoms with Crippen LogP contribution < -0.4 is 0 Å². The number of aromatic nitrogens is 7. The lowest BCUT2D eigenvalue weighted by Crippen LogP contribution is -2.11. The van der Waals surface area contributed by atoms with Crippen molar-refractivity contribution in [2.24, 2.45) is 0 Å². The standard InChI is InChI=1S/C37H23N7/c1-2-11-24(12-3-1)25-13-8-14-26(23-25)33-40-36(43-31-19-6-4-15-27(31)28-16-5-7-20-32(28)43)42-37(41-33)44-34-29(17-9-21-38-34)30-18-10-22-39-35(30)44/h1-23H. The predicted octanol–water partition coefficient (Wildman–Crippen LogP) is 8.19. The molecule has 9 rings (SSSR count). The molecule has 7 nitrogen and oxygen atoms in total. The highest BCUT2D eigenvalue weighted by atomic mass is 15.3. The maximum Gasteiger partial charge on any atom is 0.242 e. The summed E-state index contributed by atoms with van der Waals surface area (Å²) >= 11 is 0. The quantitative estimate of drug-likeness (QED) is 0.215. The van der Waals surface area contributed by atoms with Crippen LogP contribution in [0, 0.1) is 0 Å². The predicted molar refractivity (Wildman–Crippen MR) is 175 cm³/mol. The third kappa shape index (κ3) is 3.73.